The average Bonchev–Trinajstić information content (AvgIpc) is 2.55. The highest BCUT2D eigenvalue weighted by Gasteiger charge is 2.19. The lowest BCUT2D eigenvalue weighted by Gasteiger charge is -2.25. The van der Waals surface area contributed by atoms with Crippen LogP contribution < -0.4 is 15.6 Å². The third kappa shape index (κ3) is 4.66. The maximum Gasteiger partial charge on any atom is 0.259 e. The quantitative estimate of drug-likeness (QED) is 0.825. The number of hydrogen-bond acceptors (Lipinski definition) is 5. The van der Waals surface area contributed by atoms with E-state index >= 15 is 0 Å². The lowest BCUT2D eigenvalue weighted by atomic mass is 10.1. The first-order chi connectivity index (χ1) is 11.8. The Morgan fingerprint density at radius 3 is 2.31 bits per heavy atom. The van der Waals surface area contributed by atoms with Gasteiger partial charge in [-0.1, -0.05) is 12.1 Å². The molecule has 2 aromatic rings. The van der Waals surface area contributed by atoms with Crippen LogP contribution in [0.2, 0.25) is 0 Å². The number of rotatable bonds is 4. The summed E-state index contributed by atoms with van der Waals surface area (Å²) in [5.74, 6) is 0.542. The number of benzene rings is 1. The first-order valence-corrected chi connectivity index (χ1v) is 10.2. The van der Waals surface area contributed by atoms with Gasteiger partial charge in [-0.2, -0.15) is 0 Å². The van der Waals surface area contributed by atoms with Crippen LogP contribution in [0.5, 0.6) is 5.75 Å². The molecule has 2 heterocycles. The van der Waals surface area contributed by atoms with E-state index in [1.165, 1.54) is 12.1 Å². The zero-order valence-corrected chi connectivity index (χ0v) is 16.4. The van der Waals surface area contributed by atoms with Gasteiger partial charge in [-0.05, 0) is 50.6 Å². The molecule has 2 N–H and O–H groups in total. The molecule has 0 saturated carbocycles. The Kier molecular flexibility index (Phi) is 6.49. The van der Waals surface area contributed by atoms with Crippen molar-refractivity contribution in [3.63, 3.8) is 0 Å². The van der Waals surface area contributed by atoms with Gasteiger partial charge in [-0.3, -0.25) is 4.79 Å². The summed E-state index contributed by atoms with van der Waals surface area (Å²) in [6, 6.07) is 8.14. The van der Waals surface area contributed by atoms with E-state index in [0.717, 1.165) is 37.9 Å². The number of hydrogen-bond donors (Lipinski definition) is 2. The Morgan fingerprint density at radius 2 is 1.73 bits per heavy atom. The van der Waals surface area contributed by atoms with Crippen molar-refractivity contribution in [1.82, 2.24) is 10.3 Å². The second kappa shape index (κ2) is 8.24. The number of aryl methyl sites for hydroxylation is 1. The summed E-state index contributed by atoms with van der Waals surface area (Å²) in [5.41, 5.74) is 1.56. The van der Waals surface area contributed by atoms with Gasteiger partial charge in [0, 0.05) is 18.0 Å². The number of ether oxygens (including phenoxy) is 1. The smallest absolute Gasteiger partial charge is 0.259 e. The van der Waals surface area contributed by atoms with Crippen molar-refractivity contribution in [3.8, 4) is 16.9 Å². The van der Waals surface area contributed by atoms with Crippen LogP contribution in [0.3, 0.4) is 0 Å². The highest BCUT2D eigenvalue weighted by Crippen LogP contribution is 2.29. The van der Waals surface area contributed by atoms with E-state index in [1.807, 2.05) is 13.0 Å². The van der Waals surface area contributed by atoms with Crippen LogP contribution in [0.1, 0.15) is 18.5 Å². The fraction of sp³-hybridized carbons (Fsp3) is 0.389. The third-order valence-electron chi connectivity index (χ3n) is 4.28. The lowest BCUT2D eigenvalue weighted by Crippen LogP contribution is -2.34. The third-order valence-corrected chi connectivity index (χ3v) is 5.41. The monoisotopic (exact) mass is 398 g/mol. The predicted octanol–water partition coefficient (Wildman–Crippen LogP) is 2.31. The fourth-order valence-corrected chi connectivity index (χ4v) is 3.62. The normalized spacial score (nSPS) is 15.3. The van der Waals surface area contributed by atoms with E-state index in [0.29, 0.717) is 16.9 Å². The van der Waals surface area contributed by atoms with Gasteiger partial charge in [-0.25, -0.2) is 8.42 Å². The number of sulfone groups is 1. The molecule has 1 aromatic heterocycles. The molecule has 26 heavy (non-hydrogen) atoms. The molecule has 6 nitrogen and oxygen atoms in total. The molecule has 1 saturated heterocycles. The van der Waals surface area contributed by atoms with E-state index in [2.05, 4.69) is 10.3 Å². The molecule has 0 amide bonds. The van der Waals surface area contributed by atoms with Crippen molar-refractivity contribution in [2.75, 3.05) is 19.3 Å². The van der Waals surface area contributed by atoms with Gasteiger partial charge in [0.1, 0.15) is 11.9 Å². The summed E-state index contributed by atoms with van der Waals surface area (Å²) in [4.78, 5) is 15.5. The molecule has 0 unspecified atom stereocenters. The van der Waals surface area contributed by atoms with E-state index in [4.69, 9.17) is 4.74 Å². The van der Waals surface area contributed by atoms with Crippen LogP contribution >= 0.6 is 12.4 Å². The zero-order valence-electron chi connectivity index (χ0n) is 14.7. The van der Waals surface area contributed by atoms with Crippen LogP contribution in [0.25, 0.3) is 11.1 Å². The van der Waals surface area contributed by atoms with Gasteiger partial charge in [-0.15, -0.1) is 12.4 Å². The van der Waals surface area contributed by atoms with E-state index in [9.17, 15) is 13.2 Å². The number of piperidine rings is 1. The van der Waals surface area contributed by atoms with Crippen molar-refractivity contribution in [1.29, 1.82) is 0 Å². The minimum Gasteiger partial charge on any atom is -0.489 e. The maximum atomic E-state index is 12.5. The molecule has 1 aliphatic rings. The molecular formula is C18H23ClN2O4S. The molecular weight excluding hydrogens is 376 g/mol. The molecule has 0 atom stereocenters. The molecule has 142 valence electrons. The second-order valence-electron chi connectivity index (χ2n) is 6.38. The van der Waals surface area contributed by atoms with Crippen molar-refractivity contribution in [2.45, 2.75) is 30.8 Å². The summed E-state index contributed by atoms with van der Waals surface area (Å²) < 4.78 is 29.4. The fourth-order valence-electron chi connectivity index (χ4n) is 2.99. The SMILES string of the molecule is Cc1cc(OC2CCNCC2)c(-c2ccc(S(C)(=O)=O)cc2)c(=O)[nH]1.Cl. The largest absolute Gasteiger partial charge is 0.489 e. The molecule has 3 rings (SSSR count). The standard InChI is InChI=1S/C18H22N2O4S.ClH/c1-12-11-16(24-14-7-9-19-10-8-14)17(18(21)20-12)13-3-5-15(6-4-13)25(2,22)23;/h3-6,11,14,19H,7-10H2,1-2H3,(H,20,21);1H. The van der Waals surface area contributed by atoms with Crippen molar-refractivity contribution < 1.29 is 13.2 Å². The second-order valence-corrected chi connectivity index (χ2v) is 8.40. The van der Waals surface area contributed by atoms with Gasteiger partial charge >= 0.3 is 0 Å². The Balaban J connectivity index is 0.00000243. The van der Waals surface area contributed by atoms with Crippen LogP contribution in [0.15, 0.2) is 40.0 Å². The molecule has 1 aliphatic heterocycles. The first kappa shape index (κ1) is 20.5. The molecule has 1 aromatic carbocycles. The molecule has 0 bridgehead atoms. The van der Waals surface area contributed by atoms with Gasteiger partial charge in [0.05, 0.1) is 10.5 Å². The Hall–Kier alpha value is -1.83. The number of H-pyrrole nitrogens is 1. The highest BCUT2D eigenvalue weighted by molar-refractivity contribution is 7.90. The Bertz CT molecular complexity index is 917. The van der Waals surface area contributed by atoms with Crippen LogP contribution in [-0.2, 0) is 9.84 Å². The van der Waals surface area contributed by atoms with Crippen molar-refractivity contribution in [3.05, 3.63) is 46.4 Å². The predicted molar refractivity (Wildman–Crippen MR) is 104 cm³/mol. The van der Waals surface area contributed by atoms with Crippen molar-refractivity contribution in [2.24, 2.45) is 0 Å². The molecule has 0 aliphatic carbocycles. The maximum absolute atomic E-state index is 12.5. The summed E-state index contributed by atoms with van der Waals surface area (Å²) in [6.45, 7) is 3.60. The lowest BCUT2D eigenvalue weighted by molar-refractivity contribution is 0.163. The number of aromatic nitrogens is 1. The van der Waals surface area contributed by atoms with Gasteiger partial charge < -0.3 is 15.0 Å². The number of pyridine rings is 1. The average molecular weight is 399 g/mol. The number of halogens is 1. The van der Waals surface area contributed by atoms with Crippen LogP contribution in [-0.4, -0.2) is 38.9 Å². The summed E-state index contributed by atoms with van der Waals surface area (Å²) in [5, 5.41) is 3.29. The Labute approximate surface area is 159 Å². The van der Waals surface area contributed by atoms with Gasteiger partial charge in [0.25, 0.3) is 5.56 Å². The summed E-state index contributed by atoms with van der Waals surface area (Å²) >= 11 is 0. The van der Waals surface area contributed by atoms with Crippen LogP contribution in [0.4, 0.5) is 0 Å². The van der Waals surface area contributed by atoms with Gasteiger partial charge in [0.15, 0.2) is 9.84 Å². The summed E-state index contributed by atoms with van der Waals surface area (Å²) in [6.07, 6.45) is 3.00. The zero-order chi connectivity index (χ0) is 18.0. The summed E-state index contributed by atoms with van der Waals surface area (Å²) in [7, 11) is -3.28. The number of aromatic amines is 1. The molecule has 0 radical (unpaired) electrons. The van der Waals surface area contributed by atoms with E-state index in [-0.39, 0.29) is 29.0 Å². The van der Waals surface area contributed by atoms with Crippen LogP contribution in [0, 0.1) is 6.92 Å². The molecule has 1 fully saturated rings. The minimum atomic E-state index is -3.28. The topological polar surface area (TPSA) is 88.3 Å². The van der Waals surface area contributed by atoms with E-state index < -0.39 is 9.84 Å². The minimum absolute atomic E-state index is 0. The first-order valence-electron chi connectivity index (χ1n) is 8.26. The van der Waals surface area contributed by atoms with E-state index in [1.54, 1.807) is 12.1 Å². The number of nitrogens with one attached hydrogen (secondary N) is 2. The highest BCUT2D eigenvalue weighted by atomic mass is 35.5. The Morgan fingerprint density at radius 1 is 1.12 bits per heavy atom. The van der Waals surface area contributed by atoms with Crippen molar-refractivity contribution >= 4 is 22.2 Å². The molecule has 0 spiro atoms. The molecule has 8 heteroatoms. The van der Waals surface area contributed by atoms with Gasteiger partial charge in [0.2, 0.25) is 0 Å².